The Hall–Kier alpha value is -5.11. The smallest absolute Gasteiger partial charge is 0.0207 e. The zero-order valence-electron chi connectivity index (χ0n) is 23.3. The molecule has 10 rings (SSSR count). The molecule has 1 heterocycles. The average molecular weight is 561 g/mol. The van der Waals surface area contributed by atoms with Crippen molar-refractivity contribution in [2.24, 2.45) is 0 Å². The van der Waals surface area contributed by atoms with Gasteiger partial charge in [0.1, 0.15) is 0 Å². The van der Waals surface area contributed by atoms with Crippen LogP contribution in [0.1, 0.15) is 0 Å². The molecule has 0 saturated carbocycles. The van der Waals surface area contributed by atoms with Gasteiger partial charge in [-0.2, -0.15) is 0 Å². The predicted octanol–water partition coefficient (Wildman–Crippen LogP) is 12.4. The van der Waals surface area contributed by atoms with Crippen molar-refractivity contribution in [3.63, 3.8) is 0 Å². The molecular formula is C42H24S. The van der Waals surface area contributed by atoms with Gasteiger partial charge in [-0.1, -0.05) is 133 Å². The van der Waals surface area contributed by atoms with Crippen molar-refractivity contribution in [2.75, 3.05) is 0 Å². The highest BCUT2D eigenvalue weighted by Gasteiger charge is 2.20. The molecule has 0 radical (unpaired) electrons. The maximum Gasteiger partial charge on any atom is 0.0207 e. The van der Waals surface area contributed by atoms with Crippen LogP contribution in [0.5, 0.6) is 0 Å². The first-order chi connectivity index (χ1) is 21.3. The van der Waals surface area contributed by atoms with Crippen molar-refractivity contribution in [1.82, 2.24) is 0 Å². The van der Waals surface area contributed by atoms with E-state index >= 15 is 0 Å². The summed E-state index contributed by atoms with van der Waals surface area (Å²) in [5.74, 6) is 0. The second-order valence-corrected chi connectivity index (χ2v) is 12.8. The predicted molar refractivity (Wildman–Crippen MR) is 186 cm³/mol. The highest BCUT2D eigenvalue weighted by Crippen LogP contribution is 2.49. The van der Waals surface area contributed by atoms with Crippen molar-refractivity contribution in [3.8, 4) is 33.4 Å². The fraction of sp³-hybridized carbons (Fsp3) is 0. The molecule has 0 nitrogen and oxygen atoms in total. The van der Waals surface area contributed by atoms with Crippen molar-refractivity contribution >= 4 is 65.6 Å². The number of rotatable bonds is 2. The van der Waals surface area contributed by atoms with Gasteiger partial charge in [-0.05, 0) is 106 Å². The standard InChI is InChI=1S/C42H24S/c1-5-26-13-14-28-15-19-34(36-21-16-27(6-1)40(26)42(28)36)30-17-20-33-29(23-30)9-3-10-32(33)31-18-22-38-37(24-31)35-11-2-7-25-8-4-12-39(43-38)41(25)35/h1-24H. The quantitative estimate of drug-likeness (QED) is 0.190. The van der Waals surface area contributed by atoms with Crippen LogP contribution in [-0.4, -0.2) is 0 Å². The van der Waals surface area contributed by atoms with Gasteiger partial charge in [-0.25, -0.2) is 0 Å². The van der Waals surface area contributed by atoms with Crippen LogP contribution in [-0.2, 0) is 0 Å². The molecule has 9 aromatic rings. The minimum atomic E-state index is 1.26. The summed E-state index contributed by atoms with van der Waals surface area (Å²) in [7, 11) is 0. The molecule has 0 amide bonds. The van der Waals surface area contributed by atoms with Crippen LogP contribution in [0, 0.1) is 0 Å². The maximum absolute atomic E-state index is 2.40. The van der Waals surface area contributed by atoms with Crippen LogP contribution in [0.2, 0.25) is 0 Å². The summed E-state index contributed by atoms with van der Waals surface area (Å²) in [4.78, 5) is 2.67. The molecule has 0 fully saturated rings. The van der Waals surface area contributed by atoms with Gasteiger partial charge in [0.2, 0.25) is 0 Å². The van der Waals surface area contributed by atoms with Crippen LogP contribution in [0.3, 0.4) is 0 Å². The zero-order valence-corrected chi connectivity index (χ0v) is 24.1. The van der Waals surface area contributed by atoms with Gasteiger partial charge in [0, 0.05) is 15.2 Å². The van der Waals surface area contributed by atoms with E-state index in [1.165, 1.54) is 97.0 Å². The summed E-state index contributed by atoms with van der Waals surface area (Å²) in [5.41, 5.74) is 7.74. The molecule has 0 atom stereocenters. The normalized spacial score (nSPS) is 12.6. The molecule has 0 unspecified atom stereocenters. The van der Waals surface area contributed by atoms with Gasteiger partial charge in [0.15, 0.2) is 0 Å². The van der Waals surface area contributed by atoms with E-state index in [2.05, 4.69) is 146 Å². The Morgan fingerprint density at radius 3 is 1.74 bits per heavy atom. The Kier molecular flexibility index (Phi) is 4.75. The first-order valence-corrected chi connectivity index (χ1v) is 15.7. The van der Waals surface area contributed by atoms with Crippen LogP contribution >= 0.6 is 11.8 Å². The number of hydrogen-bond donors (Lipinski definition) is 0. The zero-order chi connectivity index (χ0) is 28.1. The first-order valence-electron chi connectivity index (χ1n) is 14.8. The molecule has 0 N–H and O–H groups in total. The van der Waals surface area contributed by atoms with Gasteiger partial charge in [-0.15, -0.1) is 0 Å². The van der Waals surface area contributed by atoms with E-state index < -0.39 is 0 Å². The molecule has 1 heteroatoms. The molecule has 0 saturated heterocycles. The first kappa shape index (κ1) is 23.5. The van der Waals surface area contributed by atoms with E-state index in [1.54, 1.807) is 0 Å². The molecule has 1 aliphatic heterocycles. The van der Waals surface area contributed by atoms with E-state index in [0.717, 1.165) is 0 Å². The van der Waals surface area contributed by atoms with Crippen LogP contribution in [0.4, 0.5) is 0 Å². The molecular weight excluding hydrogens is 537 g/mol. The van der Waals surface area contributed by atoms with Crippen LogP contribution < -0.4 is 0 Å². The summed E-state index contributed by atoms with van der Waals surface area (Å²) in [6, 6.07) is 54.3. The molecule has 1 aliphatic rings. The van der Waals surface area contributed by atoms with E-state index in [9.17, 15) is 0 Å². The van der Waals surface area contributed by atoms with Crippen LogP contribution in [0.15, 0.2) is 155 Å². The average Bonchev–Trinajstić information content (AvgIpc) is 3.07. The van der Waals surface area contributed by atoms with Gasteiger partial charge in [0.25, 0.3) is 0 Å². The second kappa shape index (κ2) is 8.70. The Balaban J connectivity index is 1.14. The summed E-state index contributed by atoms with van der Waals surface area (Å²) < 4.78 is 0. The van der Waals surface area contributed by atoms with Gasteiger partial charge in [0.05, 0.1) is 0 Å². The van der Waals surface area contributed by atoms with Crippen molar-refractivity contribution in [3.05, 3.63) is 146 Å². The molecule has 0 bridgehead atoms. The van der Waals surface area contributed by atoms with E-state index in [0.29, 0.717) is 0 Å². The SMILES string of the molecule is c1cc(-c2ccc3c(c2)-c2cccc4cccc(c24)S3)c2ccc(-c3ccc4ccc5cccc6ccc3c4c56)cc2c1. The third-order valence-electron chi connectivity index (χ3n) is 9.39. The summed E-state index contributed by atoms with van der Waals surface area (Å²) in [6.45, 7) is 0. The van der Waals surface area contributed by atoms with Crippen molar-refractivity contribution in [2.45, 2.75) is 9.79 Å². The molecule has 198 valence electrons. The third kappa shape index (κ3) is 3.34. The summed E-state index contributed by atoms with van der Waals surface area (Å²) in [5, 5.41) is 13.2. The molecule has 0 aromatic heterocycles. The van der Waals surface area contributed by atoms with Crippen molar-refractivity contribution in [1.29, 1.82) is 0 Å². The lowest BCUT2D eigenvalue weighted by molar-refractivity contribution is 1.40. The third-order valence-corrected chi connectivity index (χ3v) is 10.5. The number of fused-ring (bicyclic) bond motifs is 3. The lowest BCUT2D eigenvalue weighted by atomic mass is 9.88. The van der Waals surface area contributed by atoms with Crippen molar-refractivity contribution < 1.29 is 0 Å². The summed E-state index contributed by atoms with van der Waals surface area (Å²) >= 11 is 1.89. The molecule has 0 aliphatic carbocycles. The van der Waals surface area contributed by atoms with Crippen LogP contribution in [0.25, 0.3) is 87.2 Å². The van der Waals surface area contributed by atoms with E-state index in [4.69, 9.17) is 0 Å². The van der Waals surface area contributed by atoms with Gasteiger partial charge >= 0.3 is 0 Å². The van der Waals surface area contributed by atoms with Gasteiger partial charge < -0.3 is 0 Å². The Morgan fingerprint density at radius 1 is 0.302 bits per heavy atom. The minimum absolute atomic E-state index is 1.26. The lowest BCUT2D eigenvalue weighted by Gasteiger charge is -2.21. The van der Waals surface area contributed by atoms with E-state index in [1.807, 2.05) is 11.8 Å². The number of benzene rings is 9. The minimum Gasteiger partial charge on any atom is -0.0888 e. The fourth-order valence-corrected chi connectivity index (χ4v) is 8.55. The second-order valence-electron chi connectivity index (χ2n) is 11.7. The highest BCUT2D eigenvalue weighted by atomic mass is 32.2. The Labute approximate surface area is 253 Å². The Morgan fingerprint density at radius 2 is 0.884 bits per heavy atom. The molecule has 9 aromatic carbocycles. The fourth-order valence-electron chi connectivity index (χ4n) is 7.42. The monoisotopic (exact) mass is 560 g/mol. The Bertz CT molecular complexity index is 2570. The topological polar surface area (TPSA) is 0 Å². The molecule has 0 spiro atoms. The van der Waals surface area contributed by atoms with E-state index in [-0.39, 0.29) is 0 Å². The number of hydrogen-bond acceptors (Lipinski definition) is 1. The summed E-state index contributed by atoms with van der Waals surface area (Å²) in [6.07, 6.45) is 0. The highest BCUT2D eigenvalue weighted by molar-refractivity contribution is 7.99. The maximum atomic E-state index is 2.40. The largest absolute Gasteiger partial charge is 0.0888 e. The van der Waals surface area contributed by atoms with Gasteiger partial charge in [-0.3, -0.25) is 0 Å². The molecule has 43 heavy (non-hydrogen) atoms. The lowest BCUT2D eigenvalue weighted by Crippen LogP contribution is -1.93.